The SMILES string of the molecule is CC(NC(N)c1ccc(CCc2cccc(F)c2)cc1)C(N)=O. The molecule has 5 heteroatoms. The Hall–Kier alpha value is -2.24. The van der Waals surface area contributed by atoms with Gasteiger partial charge in [0.25, 0.3) is 0 Å². The zero-order valence-corrected chi connectivity index (χ0v) is 13.1. The van der Waals surface area contributed by atoms with E-state index in [1.165, 1.54) is 6.07 Å². The Morgan fingerprint density at radius 2 is 1.78 bits per heavy atom. The molecule has 0 heterocycles. The summed E-state index contributed by atoms with van der Waals surface area (Å²) >= 11 is 0. The van der Waals surface area contributed by atoms with Crippen LogP contribution in [0, 0.1) is 5.82 Å². The second-order valence-electron chi connectivity index (χ2n) is 5.64. The van der Waals surface area contributed by atoms with Crippen LogP contribution in [0.1, 0.15) is 29.8 Å². The molecule has 2 aromatic carbocycles. The van der Waals surface area contributed by atoms with Crippen molar-refractivity contribution in [2.75, 3.05) is 0 Å². The second kappa shape index (κ2) is 7.85. The summed E-state index contributed by atoms with van der Waals surface area (Å²) in [4.78, 5) is 11.0. The summed E-state index contributed by atoms with van der Waals surface area (Å²) in [5.41, 5.74) is 14.2. The van der Waals surface area contributed by atoms with Crippen molar-refractivity contribution in [3.8, 4) is 0 Å². The fraction of sp³-hybridized carbons (Fsp3) is 0.278. The molecule has 0 radical (unpaired) electrons. The molecule has 122 valence electrons. The summed E-state index contributed by atoms with van der Waals surface area (Å²) in [5, 5.41) is 2.94. The van der Waals surface area contributed by atoms with Crippen LogP contribution in [-0.4, -0.2) is 11.9 Å². The lowest BCUT2D eigenvalue weighted by molar-refractivity contribution is -0.119. The zero-order valence-electron chi connectivity index (χ0n) is 13.1. The van der Waals surface area contributed by atoms with Crippen molar-refractivity contribution in [1.82, 2.24) is 5.32 Å². The molecule has 4 nitrogen and oxygen atoms in total. The Kier molecular flexibility index (Phi) is 5.84. The minimum Gasteiger partial charge on any atom is -0.368 e. The van der Waals surface area contributed by atoms with Crippen molar-refractivity contribution in [3.05, 3.63) is 71.0 Å². The number of aryl methyl sites for hydroxylation is 2. The lowest BCUT2D eigenvalue weighted by Crippen LogP contribution is -2.43. The van der Waals surface area contributed by atoms with E-state index >= 15 is 0 Å². The number of carbonyl (C=O) groups excluding carboxylic acids is 1. The first-order chi connectivity index (χ1) is 11.0. The number of carbonyl (C=O) groups is 1. The van der Waals surface area contributed by atoms with Crippen molar-refractivity contribution in [3.63, 3.8) is 0 Å². The molecule has 2 rings (SSSR count). The zero-order chi connectivity index (χ0) is 16.8. The van der Waals surface area contributed by atoms with E-state index in [-0.39, 0.29) is 5.82 Å². The fourth-order valence-electron chi connectivity index (χ4n) is 2.32. The summed E-state index contributed by atoms with van der Waals surface area (Å²) in [6, 6.07) is 14.0. The molecule has 0 spiro atoms. The van der Waals surface area contributed by atoms with Gasteiger partial charge in [0.15, 0.2) is 0 Å². The maximum Gasteiger partial charge on any atom is 0.234 e. The first-order valence-electron chi connectivity index (χ1n) is 7.60. The third-order valence-corrected chi connectivity index (χ3v) is 3.79. The number of nitrogens with two attached hydrogens (primary N) is 2. The van der Waals surface area contributed by atoms with Gasteiger partial charge in [-0.05, 0) is 48.6 Å². The van der Waals surface area contributed by atoms with Gasteiger partial charge in [-0.1, -0.05) is 36.4 Å². The average Bonchev–Trinajstić information content (AvgIpc) is 2.53. The van der Waals surface area contributed by atoms with Gasteiger partial charge >= 0.3 is 0 Å². The van der Waals surface area contributed by atoms with Crippen molar-refractivity contribution >= 4 is 5.91 Å². The van der Waals surface area contributed by atoms with E-state index < -0.39 is 18.1 Å². The van der Waals surface area contributed by atoms with E-state index in [1.807, 2.05) is 30.3 Å². The molecule has 0 saturated carbocycles. The monoisotopic (exact) mass is 315 g/mol. The number of hydrogen-bond acceptors (Lipinski definition) is 3. The molecule has 0 fully saturated rings. The number of benzene rings is 2. The Bertz CT molecular complexity index is 658. The molecule has 0 aliphatic heterocycles. The quantitative estimate of drug-likeness (QED) is 0.684. The van der Waals surface area contributed by atoms with Gasteiger partial charge in [0.2, 0.25) is 5.91 Å². The molecular weight excluding hydrogens is 293 g/mol. The number of nitrogens with one attached hydrogen (secondary N) is 1. The number of primary amides is 1. The minimum atomic E-state index is -0.488. The van der Waals surface area contributed by atoms with Gasteiger partial charge in [-0.25, -0.2) is 4.39 Å². The van der Waals surface area contributed by atoms with E-state index in [9.17, 15) is 9.18 Å². The highest BCUT2D eigenvalue weighted by Gasteiger charge is 2.13. The highest BCUT2D eigenvalue weighted by molar-refractivity contribution is 5.79. The highest BCUT2D eigenvalue weighted by Crippen LogP contribution is 2.13. The molecule has 2 aromatic rings. The average molecular weight is 315 g/mol. The van der Waals surface area contributed by atoms with Crippen molar-refractivity contribution in [1.29, 1.82) is 0 Å². The smallest absolute Gasteiger partial charge is 0.234 e. The van der Waals surface area contributed by atoms with E-state index in [0.29, 0.717) is 0 Å². The molecule has 0 aromatic heterocycles. The standard InChI is InChI=1S/C18H22FN3O/c1-12(18(21)23)22-17(20)15-9-7-13(8-10-15)5-6-14-3-2-4-16(19)11-14/h2-4,7-12,17,22H,5-6,20H2,1H3,(H2,21,23). The van der Waals surface area contributed by atoms with E-state index in [4.69, 9.17) is 11.5 Å². The van der Waals surface area contributed by atoms with Crippen LogP contribution >= 0.6 is 0 Å². The Labute approximate surface area is 135 Å². The molecule has 2 atom stereocenters. The van der Waals surface area contributed by atoms with Gasteiger partial charge < -0.3 is 11.5 Å². The predicted molar refractivity (Wildman–Crippen MR) is 89.0 cm³/mol. The van der Waals surface area contributed by atoms with E-state index in [1.54, 1.807) is 19.1 Å². The summed E-state index contributed by atoms with van der Waals surface area (Å²) in [6.45, 7) is 1.68. The maximum atomic E-state index is 13.1. The Morgan fingerprint density at radius 3 is 2.39 bits per heavy atom. The second-order valence-corrected chi connectivity index (χ2v) is 5.64. The Morgan fingerprint density at radius 1 is 1.13 bits per heavy atom. The summed E-state index contributed by atoms with van der Waals surface area (Å²) in [6.07, 6.45) is 1.15. The van der Waals surface area contributed by atoms with Crippen LogP contribution in [0.3, 0.4) is 0 Å². The van der Waals surface area contributed by atoms with E-state index in [2.05, 4.69) is 5.32 Å². The third kappa shape index (κ3) is 5.16. The molecular formula is C18H22FN3O. The molecule has 0 bridgehead atoms. The van der Waals surface area contributed by atoms with Crippen molar-refractivity contribution in [2.45, 2.75) is 32.0 Å². The van der Waals surface area contributed by atoms with Gasteiger partial charge in [-0.3, -0.25) is 10.1 Å². The fourth-order valence-corrected chi connectivity index (χ4v) is 2.32. The highest BCUT2D eigenvalue weighted by atomic mass is 19.1. The van der Waals surface area contributed by atoms with Gasteiger partial charge in [0, 0.05) is 0 Å². The topological polar surface area (TPSA) is 81.1 Å². The summed E-state index contributed by atoms with van der Waals surface area (Å²) in [5.74, 6) is -0.648. The first kappa shape index (κ1) is 17.1. The van der Waals surface area contributed by atoms with Gasteiger partial charge in [-0.15, -0.1) is 0 Å². The first-order valence-corrected chi connectivity index (χ1v) is 7.60. The molecule has 2 unspecified atom stereocenters. The maximum absolute atomic E-state index is 13.1. The van der Waals surface area contributed by atoms with Crippen LogP contribution < -0.4 is 16.8 Å². The molecule has 0 aliphatic carbocycles. The van der Waals surface area contributed by atoms with Crippen LogP contribution in [0.25, 0.3) is 0 Å². The van der Waals surface area contributed by atoms with Crippen molar-refractivity contribution in [2.24, 2.45) is 11.5 Å². The normalized spacial score (nSPS) is 13.5. The lowest BCUT2D eigenvalue weighted by atomic mass is 10.0. The number of halogens is 1. The number of amides is 1. The summed E-state index contributed by atoms with van der Waals surface area (Å²) < 4.78 is 13.1. The van der Waals surface area contributed by atoms with Crippen LogP contribution in [-0.2, 0) is 17.6 Å². The molecule has 5 N–H and O–H groups in total. The molecule has 1 amide bonds. The van der Waals surface area contributed by atoms with Crippen molar-refractivity contribution < 1.29 is 9.18 Å². The summed E-state index contributed by atoms with van der Waals surface area (Å²) in [7, 11) is 0. The predicted octanol–water partition coefficient (Wildman–Crippen LogP) is 2.03. The van der Waals surface area contributed by atoms with Gasteiger partial charge in [0.05, 0.1) is 12.2 Å². The number of hydrogen-bond donors (Lipinski definition) is 3. The minimum absolute atomic E-state index is 0.210. The molecule has 23 heavy (non-hydrogen) atoms. The Balaban J connectivity index is 1.92. The third-order valence-electron chi connectivity index (χ3n) is 3.79. The van der Waals surface area contributed by atoms with Crippen LogP contribution in [0.4, 0.5) is 4.39 Å². The molecule has 0 aliphatic rings. The largest absolute Gasteiger partial charge is 0.368 e. The van der Waals surface area contributed by atoms with Gasteiger partial charge in [-0.2, -0.15) is 0 Å². The van der Waals surface area contributed by atoms with E-state index in [0.717, 1.165) is 29.5 Å². The van der Waals surface area contributed by atoms with Crippen LogP contribution in [0.5, 0.6) is 0 Å². The number of rotatable bonds is 7. The van der Waals surface area contributed by atoms with Crippen LogP contribution in [0.2, 0.25) is 0 Å². The van der Waals surface area contributed by atoms with Crippen LogP contribution in [0.15, 0.2) is 48.5 Å². The molecule has 0 saturated heterocycles. The van der Waals surface area contributed by atoms with Gasteiger partial charge in [0.1, 0.15) is 5.82 Å². The lowest BCUT2D eigenvalue weighted by Gasteiger charge is -2.18.